The smallest absolute Gasteiger partial charge is 0.309 e. The number of fused-ring (bicyclic) bond motifs is 2. The molecule has 0 aromatic rings. The predicted molar refractivity (Wildman–Crippen MR) is 90.9 cm³/mol. The summed E-state index contributed by atoms with van der Waals surface area (Å²) in [6.45, 7) is 1.89. The molecule has 4 unspecified atom stereocenters. The lowest BCUT2D eigenvalue weighted by molar-refractivity contribution is -0.142. The van der Waals surface area contributed by atoms with Crippen molar-refractivity contribution in [2.45, 2.75) is 57.4 Å². The largest absolute Gasteiger partial charge is 0.465 e. The molecule has 2 heterocycles. The van der Waals surface area contributed by atoms with Crippen LogP contribution >= 0.6 is 0 Å². The molecule has 0 aromatic carbocycles. The first kappa shape index (κ1) is 15.7. The van der Waals surface area contributed by atoms with Crippen molar-refractivity contribution in [2.24, 2.45) is 29.6 Å². The molecular formula is C20H31NO2. The molecule has 3 nitrogen and oxygen atoms in total. The molecule has 0 spiro atoms. The molecule has 23 heavy (non-hydrogen) atoms. The zero-order chi connectivity index (χ0) is 15.8. The van der Waals surface area contributed by atoms with Gasteiger partial charge in [0.1, 0.15) is 0 Å². The van der Waals surface area contributed by atoms with Crippen LogP contribution in [0.5, 0.6) is 0 Å². The van der Waals surface area contributed by atoms with E-state index in [0.717, 1.165) is 18.3 Å². The van der Waals surface area contributed by atoms with Gasteiger partial charge in [0.15, 0.2) is 0 Å². The molecule has 0 radical (unpaired) electrons. The minimum absolute atomic E-state index is 0.0900. The molecule has 3 heteroatoms. The number of esters is 1. The van der Waals surface area contributed by atoms with Gasteiger partial charge >= 0.3 is 5.97 Å². The Balaban J connectivity index is 1.54. The molecule has 0 N–H and O–H groups in total. The summed E-state index contributed by atoms with van der Waals surface area (Å²) >= 11 is 0. The summed E-state index contributed by atoms with van der Waals surface area (Å²) in [7, 11) is 2.25. The lowest BCUT2D eigenvalue weighted by atomic mass is 9.58. The monoisotopic (exact) mass is 317 g/mol. The molecule has 4 fully saturated rings. The van der Waals surface area contributed by atoms with Gasteiger partial charge in [0.2, 0.25) is 0 Å². The van der Waals surface area contributed by atoms with Crippen LogP contribution in [0.15, 0.2) is 12.2 Å². The Morgan fingerprint density at radius 1 is 1.04 bits per heavy atom. The van der Waals surface area contributed by atoms with Gasteiger partial charge in [-0.15, -0.1) is 0 Å². The molecular weight excluding hydrogens is 286 g/mol. The maximum atomic E-state index is 12.1. The Kier molecular flexibility index (Phi) is 4.49. The first-order valence-electron chi connectivity index (χ1n) is 9.79. The SMILES string of the molecule is CN1CCCCC1/C=C/C1C2CCCCC2C[C@@H]2C(=O)OC[C@H]12. The van der Waals surface area contributed by atoms with E-state index in [-0.39, 0.29) is 11.9 Å². The third kappa shape index (κ3) is 2.97. The number of carbonyl (C=O) groups is 1. The Morgan fingerprint density at radius 3 is 2.74 bits per heavy atom. The van der Waals surface area contributed by atoms with Gasteiger partial charge < -0.3 is 4.74 Å². The lowest BCUT2D eigenvalue weighted by Crippen LogP contribution is -2.41. The zero-order valence-corrected chi connectivity index (χ0v) is 14.5. The van der Waals surface area contributed by atoms with Gasteiger partial charge in [-0.1, -0.05) is 37.8 Å². The minimum Gasteiger partial charge on any atom is -0.465 e. The Hall–Kier alpha value is -0.830. The van der Waals surface area contributed by atoms with Crippen LogP contribution in [-0.4, -0.2) is 37.1 Å². The number of allylic oxidation sites excluding steroid dienone is 1. The standard InChI is InChI=1S/C20H31NO2/c1-21-11-5-4-7-15(21)9-10-17-16-8-3-2-6-14(16)12-18-19(17)13-23-20(18)22/h9-10,14-19H,2-8,11-13H2,1H3/b10-9+/t14?,15?,16?,17?,18-,19+/m0/s1. The summed E-state index contributed by atoms with van der Waals surface area (Å²) in [6, 6.07) is 0.601. The summed E-state index contributed by atoms with van der Waals surface area (Å²) in [6.07, 6.45) is 15.5. The first-order valence-corrected chi connectivity index (χ1v) is 9.79. The van der Waals surface area contributed by atoms with E-state index in [9.17, 15) is 4.79 Å². The number of hydrogen-bond acceptors (Lipinski definition) is 3. The van der Waals surface area contributed by atoms with E-state index >= 15 is 0 Å². The maximum absolute atomic E-state index is 12.1. The van der Waals surface area contributed by atoms with E-state index in [1.807, 2.05) is 0 Å². The summed E-state index contributed by atoms with van der Waals surface area (Å²) in [5, 5.41) is 0. The fraction of sp³-hybridized carbons (Fsp3) is 0.850. The van der Waals surface area contributed by atoms with Crippen molar-refractivity contribution in [3.63, 3.8) is 0 Å². The molecule has 0 bridgehead atoms. The van der Waals surface area contributed by atoms with Gasteiger partial charge in [-0.2, -0.15) is 0 Å². The third-order valence-electron chi connectivity index (χ3n) is 7.13. The number of likely N-dealkylation sites (N-methyl/N-ethyl adjacent to an activating group) is 1. The highest BCUT2D eigenvalue weighted by molar-refractivity contribution is 5.75. The third-order valence-corrected chi connectivity index (χ3v) is 7.13. The number of ether oxygens (including phenoxy) is 1. The van der Waals surface area contributed by atoms with Crippen molar-refractivity contribution in [2.75, 3.05) is 20.2 Å². The topological polar surface area (TPSA) is 29.5 Å². The second kappa shape index (κ2) is 6.58. The number of likely N-dealkylation sites (tertiary alicyclic amines) is 1. The quantitative estimate of drug-likeness (QED) is 0.575. The Labute approximate surface area is 140 Å². The van der Waals surface area contributed by atoms with Crippen molar-refractivity contribution >= 4 is 5.97 Å². The fourth-order valence-electron chi connectivity index (χ4n) is 5.79. The highest BCUT2D eigenvalue weighted by Gasteiger charge is 2.50. The number of rotatable bonds is 2. The van der Waals surface area contributed by atoms with Crippen molar-refractivity contribution < 1.29 is 9.53 Å². The van der Waals surface area contributed by atoms with E-state index in [2.05, 4.69) is 24.1 Å². The molecule has 2 aliphatic carbocycles. The molecule has 128 valence electrons. The number of piperidine rings is 1. The number of carbonyl (C=O) groups excluding carboxylic acids is 1. The highest BCUT2D eigenvalue weighted by Crippen LogP contribution is 2.51. The summed E-state index contributed by atoms with van der Waals surface area (Å²) in [4.78, 5) is 14.6. The van der Waals surface area contributed by atoms with Crippen LogP contribution in [0.4, 0.5) is 0 Å². The van der Waals surface area contributed by atoms with Crippen LogP contribution < -0.4 is 0 Å². The van der Waals surface area contributed by atoms with Crippen molar-refractivity contribution in [3.05, 3.63) is 12.2 Å². The van der Waals surface area contributed by atoms with Crippen molar-refractivity contribution in [3.8, 4) is 0 Å². The van der Waals surface area contributed by atoms with Gasteiger partial charge in [-0.05, 0) is 57.0 Å². The molecule has 2 saturated heterocycles. The number of cyclic esters (lactones) is 1. The minimum atomic E-state index is 0.0900. The average Bonchev–Trinajstić information content (AvgIpc) is 2.94. The van der Waals surface area contributed by atoms with Crippen LogP contribution in [0.3, 0.4) is 0 Å². The van der Waals surface area contributed by atoms with Gasteiger partial charge in [0.25, 0.3) is 0 Å². The van der Waals surface area contributed by atoms with E-state index in [4.69, 9.17) is 4.74 Å². The predicted octanol–water partition coefficient (Wildman–Crippen LogP) is 3.64. The fourth-order valence-corrected chi connectivity index (χ4v) is 5.79. The van der Waals surface area contributed by atoms with Gasteiger partial charge in [-0.3, -0.25) is 9.69 Å². The summed E-state index contributed by atoms with van der Waals surface area (Å²) in [5.74, 6) is 2.85. The molecule has 2 saturated carbocycles. The van der Waals surface area contributed by atoms with E-state index in [1.165, 1.54) is 51.5 Å². The molecule has 2 aliphatic heterocycles. The molecule has 0 aromatic heterocycles. The molecule has 4 rings (SSSR count). The van der Waals surface area contributed by atoms with Crippen LogP contribution in [0.25, 0.3) is 0 Å². The second-order valence-corrected chi connectivity index (χ2v) is 8.35. The van der Waals surface area contributed by atoms with Crippen LogP contribution in [-0.2, 0) is 9.53 Å². The lowest BCUT2D eigenvalue weighted by Gasteiger charge is -2.45. The number of nitrogens with zero attached hydrogens (tertiary/aromatic N) is 1. The van der Waals surface area contributed by atoms with E-state index in [0.29, 0.717) is 24.5 Å². The second-order valence-electron chi connectivity index (χ2n) is 8.35. The average molecular weight is 317 g/mol. The maximum Gasteiger partial charge on any atom is 0.309 e. The van der Waals surface area contributed by atoms with Crippen molar-refractivity contribution in [1.82, 2.24) is 4.90 Å². The first-order chi connectivity index (χ1) is 11.2. The van der Waals surface area contributed by atoms with Crippen LogP contribution in [0.1, 0.15) is 51.4 Å². The van der Waals surface area contributed by atoms with Gasteiger partial charge in [-0.25, -0.2) is 0 Å². The normalized spacial score (nSPS) is 44.8. The summed E-state index contributed by atoms with van der Waals surface area (Å²) in [5.41, 5.74) is 0. The molecule has 4 aliphatic rings. The molecule has 0 amide bonds. The van der Waals surface area contributed by atoms with E-state index in [1.54, 1.807) is 0 Å². The molecule has 6 atom stereocenters. The van der Waals surface area contributed by atoms with Gasteiger partial charge in [0.05, 0.1) is 12.5 Å². The Morgan fingerprint density at radius 2 is 1.87 bits per heavy atom. The zero-order valence-electron chi connectivity index (χ0n) is 14.5. The van der Waals surface area contributed by atoms with Gasteiger partial charge in [0, 0.05) is 12.0 Å². The van der Waals surface area contributed by atoms with Crippen LogP contribution in [0.2, 0.25) is 0 Å². The highest BCUT2D eigenvalue weighted by atomic mass is 16.5. The Bertz CT molecular complexity index is 474. The van der Waals surface area contributed by atoms with Crippen molar-refractivity contribution in [1.29, 1.82) is 0 Å². The van der Waals surface area contributed by atoms with E-state index < -0.39 is 0 Å². The number of hydrogen-bond donors (Lipinski definition) is 0. The summed E-state index contributed by atoms with van der Waals surface area (Å²) < 4.78 is 5.47. The van der Waals surface area contributed by atoms with Crippen LogP contribution in [0, 0.1) is 29.6 Å².